The largest absolute Gasteiger partial charge is 0.494 e. The Kier molecular flexibility index (Phi) is 6.36. The average Bonchev–Trinajstić information content (AvgIpc) is 2.38. The lowest BCUT2D eigenvalue weighted by Crippen LogP contribution is -2.36. The molecule has 1 rings (SSSR count). The summed E-state index contributed by atoms with van der Waals surface area (Å²) in [4.78, 5) is 13.7. The number of nitrogens with zero attached hydrogens (tertiary/aromatic N) is 1. The van der Waals surface area contributed by atoms with Gasteiger partial charge in [-0.3, -0.25) is 4.79 Å². The van der Waals surface area contributed by atoms with E-state index in [0.29, 0.717) is 18.7 Å². The van der Waals surface area contributed by atoms with Crippen molar-refractivity contribution in [3.05, 3.63) is 29.8 Å². The normalized spacial score (nSPS) is 12.0. The Morgan fingerprint density at radius 2 is 2.00 bits per heavy atom. The molecule has 0 bridgehead atoms. The van der Waals surface area contributed by atoms with E-state index < -0.39 is 0 Å². The second-order valence-electron chi connectivity index (χ2n) is 4.89. The minimum absolute atomic E-state index is 0.0163. The maximum Gasteiger partial charge on any atom is 0.253 e. The highest BCUT2D eigenvalue weighted by molar-refractivity contribution is 5.94. The van der Waals surface area contributed by atoms with Gasteiger partial charge in [0.15, 0.2) is 0 Å². The molecule has 0 aliphatic rings. The monoisotopic (exact) mass is 264 g/mol. The summed E-state index contributed by atoms with van der Waals surface area (Å²) in [6.07, 6.45) is 2.15. The third-order valence-corrected chi connectivity index (χ3v) is 2.78. The van der Waals surface area contributed by atoms with Crippen LogP contribution in [0, 0.1) is 0 Å². The summed E-state index contributed by atoms with van der Waals surface area (Å²) in [5.41, 5.74) is 6.35. The Bertz CT molecular complexity index is 388. The van der Waals surface area contributed by atoms with Gasteiger partial charge in [0, 0.05) is 25.2 Å². The Morgan fingerprint density at radius 1 is 1.37 bits per heavy atom. The van der Waals surface area contributed by atoms with Gasteiger partial charge in [0.05, 0.1) is 6.61 Å². The highest BCUT2D eigenvalue weighted by Gasteiger charge is 2.12. The molecule has 2 N–H and O–H groups in total. The van der Waals surface area contributed by atoms with Crippen LogP contribution in [0.4, 0.5) is 0 Å². The minimum Gasteiger partial charge on any atom is -0.494 e. The standard InChI is InChI=1S/C15H24N2O2/c1-4-5-10-19-14-8-6-13(7-9-14)15(18)17(3)11-12(2)16/h6-9,12H,4-5,10-11,16H2,1-3H3. The van der Waals surface area contributed by atoms with Crippen molar-refractivity contribution in [2.24, 2.45) is 5.73 Å². The fraction of sp³-hybridized carbons (Fsp3) is 0.533. The molecule has 1 amide bonds. The number of ether oxygens (including phenoxy) is 1. The number of likely N-dealkylation sites (N-methyl/N-ethyl adjacent to an activating group) is 1. The first kappa shape index (κ1) is 15.5. The highest BCUT2D eigenvalue weighted by Crippen LogP contribution is 2.14. The third kappa shape index (κ3) is 5.30. The second-order valence-corrected chi connectivity index (χ2v) is 4.89. The van der Waals surface area contributed by atoms with Gasteiger partial charge in [0.25, 0.3) is 5.91 Å². The summed E-state index contributed by atoms with van der Waals surface area (Å²) in [6.45, 7) is 5.27. The van der Waals surface area contributed by atoms with Gasteiger partial charge >= 0.3 is 0 Å². The van der Waals surface area contributed by atoms with Gasteiger partial charge in [-0.25, -0.2) is 0 Å². The van der Waals surface area contributed by atoms with Crippen molar-refractivity contribution in [3.63, 3.8) is 0 Å². The number of nitrogens with two attached hydrogens (primary N) is 1. The smallest absolute Gasteiger partial charge is 0.253 e. The zero-order valence-corrected chi connectivity index (χ0v) is 12.1. The fourth-order valence-electron chi connectivity index (χ4n) is 1.76. The lowest BCUT2D eigenvalue weighted by Gasteiger charge is -2.19. The average molecular weight is 264 g/mol. The van der Waals surface area contributed by atoms with Crippen LogP contribution in [0.25, 0.3) is 0 Å². The van der Waals surface area contributed by atoms with Crippen LogP contribution in [0.2, 0.25) is 0 Å². The molecular weight excluding hydrogens is 240 g/mol. The lowest BCUT2D eigenvalue weighted by atomic mass is 10.2. The van der Waals surface area contributed by atoms with Gasteiger partial charge in [0.1, 0.15) is 5.75 Å². The first-order valence-corrected chi connectivity index (χ1v) is 6.78. The van der Waals surface area contributed by atoms with Gasteiger partial charge in [-0.15, -0.1) is 0 Å². The lowest BCUT2D eigenvalue weighted by molar-refractivity contribution is 0.0789. The number of unbranched alkanes of at least 4 members (excludes halogenated alkanes) is 1. The predicted octanol–water partition coefficient (Wildman–Crippen LogP) is 2.28. The number of rotatable bonds is 7. The molecule has 0 aromatic heterocycles. The molecule has 0 saturated heterocycles. The molecule has 0 heterocycles. The van der Waals surface area contributed by atoms with Crippen LogP contribution in [0.1, 0.15) is 37.0 Å². The number of hydrogen-bond donors (Lipinski definition) is 1. The molecule has 1 atom stereocenters. The molecule has 1 aromatic carbocycles. The zero-order valence-electron chi connectivity index (χ0n) is 12.1. The van der Waals surface area contributed by atoms with Crippen molar-refractivity contribution in [2.75, 3.05) is 20.2 Å². The molecule has 0 fully saturated rings. The van der Waals surface area contributed by atoms with E-state index in [1.807, 2.05) is 19.1 Å². The van der Waals surface area contributed by atoms with Crippen LogP contribution in [-0.2, 0) is 0 Å². The van der Waals surface area contributed by atoms with Gasteiger partial charge < -0.3 is 15.4 Å². The van der Waals surface area contributed by atoms with E-state index in [9.17, 15) is 4.79 Å². The van der Waals surface area contributed by atoms with Crippen molar-refractivity contribution in [1.29, 1.82) is 0 Å². The summed E-state index contributed by atoms with van der Waals surface area (Å²) < 4.78 is 5.56. The Labute approximate surface area is 115 Å². The SMILES string of the molecule is CCCCOc1ccc(C(=O)N(C)CC(C)N)cc1. The van der Waals surface area contributed by atoms with Crippen LogP contribution >= 0.6 is 0 Å². The maximum absolute atomic E-state index is 12.1. The molecule has 4 nitrogen and oxygen atoms in total. The molecule has 1 aromatic rings. The van der Waals surface area contributed by atoms with E-state index in [0.717, 1.165) is 18.6 Å². The molecule has 19 heavy (non-hydrogen) atoms. The number of amides is 1. The van der Waals surface area contributed by atoms with Gasteiger partial charge in [-0.2, -0.15) is 0 Å². The molecule has 0 saturated carbocycles. The number of benzene rings is 1. The Balaban J connectivity index is 2.57. The topological polar surface area (TPSA) is 55.6 Å². The molecule has 0 aliphatic carbocycles. The van der Waals surface area contributed by atoms with E-state index in [4.69, 9.17) is 10.5 Å². The van der Waals surface area contributed by atoms with Gasteiger partial charge in [-0.05, 0) is 37.6 Å². The molecule has 1 unspecified atom stereocenters. The van der Waals surface area contributed by atoms with E-state index in [2.05, 4.69) is 6.92 Å². The second kappa shape index (κ2) is 7.79. The highest BCUT2D eigenvalue weighted by atomic mass is 16.5. The first-order chi connectivity index (χ1) is 9.04. The zero-order chi connectivity index (χ0) is 14.3. The molecular formula is C15H24N2O2. The summed E-state index contributed by atoms with van der Waals surface area (Å²) in [5, 5.41) is 0. The van der Waals surface area contributed by atoms with E-state index >= 15 is 0 Å². The molecule has 4 heteroatoms. The number of carbonyl (C=O) groups excluding carboxylic acids is 1. The van der Waals surface area contributed by atoms with E-state index in [-0.39, 0.29) is 11.9 Å². The van der Waals surface area contributed by atoms with Crippen LogP contribution in [0.15, 0.2) is 24.3 Å². The van der Waals surface area contributed by atoms with Gasteiger partial charge in [0.2, 0.25) is 0 Å². The fourth-order valence-corrected chi connectivity index (χ4v) is 1.76. The summed E-state index contributed by atoms with van der Waals surface area (Å²) in [6, 6.07) is 7.24. The van der Waals surface area contributed by atoms with Crippen molar-refractivity contribution in [2.45, 2.75) is 32.7 Å². The van der Waals surface area contributed by atoms with Crippen LogP contribution in [0.5, 0.6) is 5.75 Å². The summed E-state index contributed by atoms with van der Waals surface area (Å²) in [7, 11) is 1.76. The quantitative estimate of drug-likeness (QED) is 0.769. The number of carbonyl (C=O) groups is 1. The van der Waals surface area contributed by atoms with Crippen molar-refractivity contribution in [1.82, 2.24) is 4.90 Å². The van der Waals surface area contributed by atoms with Crippen LogP contribution < -0.4 is 10.5 Å². The first-order valence-electron chi connectivity index (χ1n) is 6.78. The molecule has 106 valence electrons. The molecule has 0 aliphatic heterocycles. The van der Waals surface area contributed by atoms with Crippen LogP contribution in [-0.4, -0.2) is 37.0 Å². The van der Waals surface area contributed by atoms with Crippen molar-refractivity contribution in [3.8, 4) is 5.75 Å². The Hall–Kier alpha value is -1.55. The van der Waals surface area contributed by atoms with Crippen molar-refractivity contribution < 1.29 is 9.53 Å². The molecule has 0 radical (unpaired) electrons. The third-order valence-electron chi connectivity index (χ3n) is 2.78. The minimum atomic E-state index is -0.0226. The van der Waals surface area contributed by atoms with Crippen LogP contribution in [0.3, 0.4) is 0 Å². The van der Waals surface area contributed by atoms with E-state index in [1.165, 1.54) is 0 Å². The van der Waals surface area contributed by atoms with Gasteiger partial charge in [-0.1, -0.05) is 13.3 Å². The molecule has 0 spiro atoms. The van der Waals surface area contributed by atoms with Crippen molar-refractivity contribution >= 4 is 5.91 Å². The Morgan fingerprint density at radius 3 is 2.53 bits per heavy atom. The summed E-state index contributed by atoms with van der Waals surface area (Å²) >= 11 is 0. The number of hydrogen-bond acceptors (Lipinski definition) is 3. The van der Waals surface area contributed by atoms with E-state index in [1.54, 1.807) is 24.1 Å². The predicted molar refractivity (Wildman–Crippen MR) is 77.5 cm³/mol. The maximum atomic E-state index is 12.1. The summed E-state index contributed by atoms with van der Waals surface area (Å²) in [5.74, 6) is 0.789.